The number of aryl methyl sites for hydroxylation is 1. The summed E-state index contributed by atoms with van der Waals surface area (Å²) in [6.07, 6.45) is 0.749. The van der Waals surface area contributed by atoms with Gasteiger partial charge in [-0.3, -0.25) is 0 Å². The molecular formula is C12H12BrClN2S. The highest BCUT2D eigenvalue weighted by Gasteiger charge is 2.12. The molecule has 5 heteroatoms. The Labute approximate surface area is 118 Å². The summed E-state index contributed by atoms with van der Waals surface area (Å²) in [7, 11) is 0. The standard InChI is InChI=1S/C12H12BrClN2S/c1-7-6-17-12(16-7)5-11(15)9-3-2-8(14)4-10(9)13/h2-4,6,11H,5,15H2,1H3. The van der Waals surface area contributed by atoms with Crippen LogP contribution < -0.4 is 5.73 Å². The molecule has 17 heavy (non-hydrogen) atoms. The molecule has 0 saturated carbocycles. The number of rotatable bonds is 3. The number of hydrogen-bond donors (Lipinski definition) is 1. The molecule has 0 saturated heterocycles. The van der Waals surface area contributed by atoms with Gasteiger partial charge in [0.1, 0.15) is 0 Å². The average molecular weight is 332 g/mol. The predicted octanol–water partition coefficient (Wildman–Crippen LogP) is 4.11. The molecule has 0 aliphatic carbocycles. The fraction of sp³-hybridized carbons (Fsp3) is 0.250. The van der Waals surface area contributed by atoms with Crippen LogP contribution in [-0.4, -0.2) is 4.98 Å². The fourth-order valence-corrected chi connectivity index (χ4v) is 3.41. The molecule has 1 aromatic heterocycles. The maximum atomic E-state index is 6.18. The van der Waals surface area contributed by atoms with Crippen molar-refractivity contribution >= 4 is 38.9 Å². The minimum atomic E-state index is -0.0628. The molecule has 0 spiro atoms. The van der Waals surface area contributed by atoms with E-state index in [1.807, 2.05) is 30.5 Å². The Morgan fingerprint density at radius 1 is 1.53 bits per heavy atom. The Hall–Kier alpha value is -0.420. The van der Waals surface area contributed by atoms with Gasteiger partial charge in [0, 0.05) is 33.0 Å². The summed E-state index contributed by atoms with van der Waals surface area (Å²) < 4.78 is 0.950. The minimum Gasteiger partial charge on any atom is -0.324 e. The van der Waals surface area contributed by atoms with E-state index in [9.17, 15) is 0 Å². The third kappa shape index (κ3) is 3.28. The van der Waals surface area contributed by atoms with Gasteiger partial charge in [-0.2, -0.15) is 0 Å². The van der Waals surface area contributed by atoms with Crippen molar-refractivity contribution in [1.29, 1.82) is 0 Å². The monoisotopic (exact) mass is 330 g/mol. The van der Waals surface area contributed by atoms with Crippen LogP contribution in [0.25, 0.3) is 0 Å². The molecule has 1 unspecified atom stereocenters. The van der Waals surface area contributed by atoms with Gasteiger partial charge in [0.25, 0.3) is 0 Å². The zero-order chi connectivity index (χ0) is 12.4. The first-order valence-corrected chi connectivity index (χ1v) is 7.23. The number of aromatic nitrogens is 1. The molecule has 1 heterocycles. The van der Waals surface area contributed by atoms with Crippen LogP contribution in [0.5, 0.6) is 0 Å². The fourth-order valence-electron chi connectivity index (χ4n) is 1.60. The van der Waals surface area contributed by atoms with Crippen molar-refractivity contribution in [3.8, 4) is 0 Å². The van der Waals surface area contributed by atoms with Crippen LogP contribution in [0.2, 0.25) is 5.02 Å². The van der Waals surface area contributed by atoms with Gasteiger partial charge >= 0.3 is 0 Å². The van der Waals surface area contributed by atoms with Gasteiger partial charge in [0.15, 0.2) is 0 Å². The van der Waals surface area contributed by atoms with E-state index in [0.29, 0.717) is 5.02 Å². The molecule has 0 bridgehead atoms. The molecule has 2 aromatic rings. The second kappa shape index (κ2) is 5.48. The lowest BCUT2D eigenvalue weighted by Crippen LogP contribution is -2.13. The van der Waals surface area contributed by atoms with E-state index < -0.39 is 0 Å². The number of nitrogens with zero attached hydrogens (tertiary/aromatic N) is 1. The van der Waals surface area contributed by atoms with Crippen LogP contribution >= 0.6 is 38.9 Å². The zero-order valence-corrected chi connectivity index (χ0v) is 12.4. The lowest BCUT2D eigenvalue weighted by atomic mass is 10.1. The number of hydrogen-bond acceptors (Lipinski definition) is 3. The third-order valence-electron chi connectivity index (χ3n) is 2.42. The summed E-state index contributed by atoms with van der Waals surface area (Å²) in [5.74, 6) is 0. The summed E-state index contributed by atoms with van der Waals surface area (Å²) in [4.78, 5) is 4.42. The highest BCUT2D eigenvalue weighted by molar-refractivity contribution is 9.10. The number of nitrogens with two attached hydrogens (primary N) is 1. The van der Waals surface area contributed by atoms with Crippen LogP contribution in [0, 0.1) is 6.92 Å². The van der Waals surface area contributed by atoms with Gasteiger partial charge in [0.2, 0.25) is 0 Å². The van der Waals surface area contributed by atoms with Crippen molar-refractivity contribution in [2.45, 2.75) is 19.4 Å². The maximum absolute atomic E-state index is 6.18. The van der Waals surface area contributed by atoms with E-state index in [-0.39, 0.29) is 6.04 Å². The Morgan fingerprint density at radius 2 is 2.29 bits per heavy atom. The Kier molecular flexibility index (Phi) is 4.20. The quantitative estimate of drug-likeness (QED) is 0.919. The lowest BCUT2D eigenvalue weighted by molar-refractivity contribution is 0.713. The average Bonchev–Trinajstić information content (AvgIpc) is 2.63. The van der Waals surface area contributed by atoms with Crippen molar-refractivity contribution in [2.75, 3.05) is 0 Å². The second-order valence-corrected chi connectivity index (χ2v) is 6.09. The molecule has 90 valence electrons. The molecular weight excluding hydrogens is 320 g/mol. The SMILES string of the molecule is Cc1csc(CC(N)c2ccc(Cl)cc2Br)n1. The van der Waals surface area contributed by atoms with Gasteiger partial charge in [-0.25, -0.2) is 4.98 Å². The van der Waals surface area contributed by atoms with Crippen LogP contribution in [0.3, 0.4) is 0 Å². The molecule has 2 nitrogen and oxygen atoms in total. The first-order chi connectivity index (χ1) is 8.06. The number of halogens is 2. The van der Waals surface area contributed by atoms with Gasteiger partial charge in [-0.05, 0) is 24.6 Å². The van der Waals surface area contributed by atoms with E-state index in [0.717, 1.165) is 27.2 Å². The molecule has 1 atom stereocenters. The highest BCUT2D eigenvalue weighted by atomic mass is 79.9. The lowest BCUT2D eigenvalue weighted by Gasteiger charge is -2.12. The molecule has 1 aromatic carbocycles. The number of benzene rings is 1. The zero-order valence-electron chi connectivity index (χ0n) is 9.28. The second-order valence-electron chi connectivity index (χ2n) is 3.86. The van der Waals surface area contributed by atoms with Gasteiger partial charge in [-0.15, -0.1) is 11.3 Å². The van der Waals surface area contributed by atoms with Crippen molar-refractivity contribution < 1.29 is 0 Å². The van der Waals surface area contributed by atoms with Gasteiger partial charge in [-0.1, -0.05) is 33.6 Å². The topological polar surface area (TPSA) is 38.9 Å². The van der Waals surface area contributed by atoms with E-state index >= 15 is 0 Å². The minimum absolute atomic E-state index is 0.0628. The van der Waals surface area contributed by atoms with Crippen molar-refractivity contribution in [2.24, 2.45) is 5.73 Å². The predicted molar refractivity (Wildman–Crippen MR) is 76.6 cm³/mol. The smallest absolute Gasteiger partial charge is 0.0947 e. The molecule has 2 rings (SSSR count). The van der Waals surface area contributed by atoms with Gasteiger partial charge < -0.3 is 5.73 Å². The van der Waals surface area contributed by atoms with Gasteiger partial charge in [0.05, 0.1) is 5.01 Å². The molecule has 0 radical (unpaired) electrons. The van der Waals surface area contributed by atoms with E-state index in [1.54, 1.807) is 11.3 Å². The molecule has 0 aliphatic rings. The molecule has 0 aliphatic heterocycles. The van der Waals surface area contributed by atoms with Crippen molar-refractivity contribution in [3.63, 3.8) is 0 Å². The molecule has 0 amide bonds. The van der Waals surface area contributed by atoms with Crippen molar-refractivity contribution in [3.05, 3.63) is 49.3 Å². The molecule has 0 fully saturated rings. The summed E-state index contributed by atoms with van der Waals surface area (Å²) >= 11 is 11.0. The Bertz CT molecular complexity index is 527. The third-order valence-corrected chi connectivity index (χ3v) is 4.33. The van der Waals surface area contributed by atoms with E-state index in [1.165, 1.54) is 0 Å². The first-order valence-electron chi connectivity index (χ1n) is 5.18. The van der Waals surface area contributed by atoms with Crippen LogP contribution in [-0.2, 0) is 6.42 Å². The normalized spacial score (nSPS) is 12.7. The van der Waals surface area contributed by atoms with Crippen LogP contribution in [0.1, 0.15) is 22.3 Å². The van der Waals surface area contributed by atoms with Crippen LogP contribution in [0.15, 0.2) is 28.1 Å². The van der Waals surface area contributed by atoms with E-state index in [4.69, 9.17) is 17.3 Å². The summed E-state index contributed by atoms with van der Waals surface area (Å²) in [5, 5.41) is 3.81. The van der Waals surface area contributed by atoms with Crippen molar-refractivity contribution in [1.82, 2.24) is 4.98 Å². The number of thiazole rings is 1. The largest absolute Gasteiger partial charge is 0.324 e. The summed E-state index contributed by atoms with van der Waals surface area (Å²) in [5.41, 5.74) is 8.29. The first kappa shape index (κ1) is 13.0. The van der Waals surface area contributed by atoms with E-state index in [2.05, 4.69) is 20.9 Å². The highest BCUT2D eigenvalue weighted by Crippen LogP contribution is 2.28. The maximum Gasteiger partial charge on any atom is 0.0947 e. The Balaban J connectivity index is 2.17. The Morgan fingerprint density at radius 3 is 2.88 bits per heavy atom. The summed E-state index contributed by atoms with van der Waals surface area (Å²) in [6.45, 7) is 1.99. The summed E-state index contributed by atoms with van der Waals surface area (Å²) in [6, 6.07) is 5.61. The van der Waals surface area contributed by atoms with Crippen LogP contribution in [0.4, 0.5) is 0 Å². The molecule has 2 N–H and O–H groups in total.